The number of hydrogen-bond acceptors (Lipinski definition) is 3. The minimum Gasteiger partial charge on any atom is -0.472 e. The van der Waals surface area contributed by atoms with Gasteiger partial charge in [0.05, 0.1) is 18.6 Å². The predicted molar refractivity (Wildman–Crippen MR) is 58.0 cm³/mol. The van der Waals surface area contributed by atoms with Crippen molar-refractivity contribution in [2.75, 3.05) is 13.1 Å². The Morgan fingerprint density at radius 1 is 1.50 bits per heavy atom. The van der Waals surface area contributed by atoms with E-state index in [4.69, 9.17) is 10.2 Å². The van der Waals surface area contributed by atoms with Gasteiger partial charge in [-0.1, -0.05) is 6.92 Å². The van der Waals surface area contributed by atoms with Crippen LogP contribution in [0.3, 0.4) is 0 Å². The van der Waals surface area contributed by atoms with Crippen LogP contribution in [0.25, 0.3) is 0 Å². The van der Waals surface area contributed by atoms with Crippen LogP contribution in [0.5, 0.6) is 0 Å². The van der Waals surface area contributed by atoms with Crippen LogP contribution in [-0.4, -0.2) is 24.0 Å². The minimum absolute atomic E-state index is 0.277. The molecule has 0 aliphatic heterocycles. The van der Waals surface area contributed by atoms with Gasteiger partial charge in [0.25, 0.3) is 0 Å². The summed E-state index contributed by atoms with van der Waals surface area (Å²) in [6.07, 6.45) is 3.48. The van der Waals surface area contributed by atoms with Crippen LogP contribution in [-0.2, 0) is 0 Å². The molecule has 0 aromatic carbocycles. The first-order valence-electron chi connectivity index (χ1n) is 5.18. The lowest BCUT2D eigenvalue weighted by Crippen LogP contribution is -2.38. The Labute approximate surface area is 85.9 Å². The Hall–Kier alpha value is -0.800. The van der Waals surface area contributed by atoms with E-state index in [-0.39, 0.29) is 6.04 Å². The van der Waals surface area contributed by atoms with Crippen LogP contribution in [0, 0.1) is 0 Å². The molecule has 1 aromatic rings. The quantitative estimate of drug-likeness (QED) is 0.783. The van der Waals surface area contributed by atoms with Crippen molar-refractivity contribution in [2.24, 2.45) is 5.73 Å². The van der Waals surface area contributed by atoms with Gasteiger partial charge in [-0.2, -0.15) is 0 Å². The molecular weight excluding hydrogens is 176 g/mol. The third-order valence-electron chi connectivity index (χ3n) is 2.58. The Morgan fingerprint density at radius 2 is 2.21 bits per heavy atom. The summed E-state index contributed by atoms with van der Waals surface area (Å²) in [6, 6.07) is 2.77. The van der Waals surface area contributed by atoms with Crippen molar-refractivity contribution >= 4 is 0 Å². The average molecular weight is 196 g/mol. The molecule has 0 radical (unpaired) electrons. The first-order chi connectivity index (χ1) is 6.70. The zero-order valence-electron chi connectivity index (χ0n) is 9.23. The molecule has 3 nitrogen and oxygen atoms in total. The molecule has 2 N–H and O–H groups in total. The number of nitrogens with two attached hydrogens (primary N) is 1. The van der Waals surface area contributed by atoms with Crippen molar-refractivity contribution < 1.29 is 4.42 Å². The molecule has 0 aliphatic carbocycles. The monoisotopic (exact) mass is 196 g/mol. The van der Waals surface area contributed by atoms with Gasteiger partial charge in [0.15, 0.2) is 0 Å². The van der Waals surface area contributed by atoms with Gasteiger partial charge in [-0.15, -0.1) is 0 Å². The highest BCUT2D eigenvalue weighted by Crippen LogP contribution is 2.21. The standard InChI is InChI=1S/C11H20N2O/c1-4-13(9(2)3)11(7-12)10-5-6-14-8-10/h5-6,8-9,11H,4,7,12H2,1-3H3. The van der Waals surface area contributed by atoms with E-state index in [1.165, 1.54) is 5.56 Å². The van der Waals surface area contributed by atoms with Crippen LogP contribution >= 0.6 is 0 Å². The van der Waals surface area contributed by atoms with Gasteiger partial charge in [0.1, 0.15) is 0 Å². The molecule has 0 saturated heterocycles. The molecule has 1 unspecified atom stereocenters. The molecule has 3 heteroatoms. The maximum atomic E-state index is 5.79. The molecule has 0 fully saturated rings. The summed E-state index contributed by atoms with van der Waals surface area (Å²) in [5.41, 5.74) is 6.96. The number of nitrogens with zero attached hydrogens (tertiary/aromatic N) is 1. The van der Waals surface area contributed by atoms with E-state index in [0.29, 0.717) is 12.6 Å². The second-order valence-corrected chi connectivity index (χ2v) is 3.73. The Kier molecular flexibility index (Phi) is 4.17. The van der Waals surface area contributed by atoms with Crippen LogP contribution in [0.4, 0.5) is 0 Å². The average Bonchev–Trinajstić information content (AvgIpc) is 2.65. The molecule has 1 atom stereocenters. The number of rotatable bonds is 5. The maximum Gasteiger partial charge on any atom is 0.0950 e. The lowest BCUT2D eigenvalue weighted by Gasteiger charge is -2.32. The van der Waals surface area contributed by atoms with Crippen LogP contribution in [0.1, 0.15) is 32.4 Å². The fourth-order valence-corrected chi connectivity index (χ4v) is 1.87. The predicted octanol–water partition coefficient (Wildman–Crippen LogP) is 2.01. The smallest absolute Gasteiger partial charge is 0.0950 e. The molecule has 1 aromatic heterocycles. The first-order valence-corrected chi connectivity index (χ1v) is 5.18. The molecule has 14 heavy (non-hydrogen) atoms. The molecule has 0 aliphatic rings. The number of hydrogen-bond donors (Lipinski definition) is 1. The zero-order chi connectivity index (χ0) is 10.6. The maximum absolute atomic E-state index is 5.79. The minimum atomic E-state index is 0.277. The molecule has 80 valence electrons. The van der Waals surface area contributed by atoms with Crippen LogP contribution < -0.4 is 5.73 Å². The normalized spacial score (nSPS) is 13.9. The molecule has 0 amide bonds. The van der Waals surface area contributed by atoms with Crippen molar-refractivity contribution in [3.05, 3.63) is 24.2 Å². The van der Waals surface area contributed by atoms with Gasteiger partial charge in [-0.3, -0.25) is 4.90 Å². The van der Waals surface area contributed by atoms with Gasteiger partial charge < -0.3 is 10.2 Å². The fraction of sp³-hybridized carbons (Fsp3) is 0.636. The van der Waals surface area contributed by atoms with Gasteiger partial charge >= 0.3 is 0 Å². The Balaban J connectivity index is 2.79. The summed E-state index contributed by atoms with van der Waals surface area (Å²) >= 11 is 0. The molecule has 0 saturated carbocycles. The van der Waals surface area contributed by atoms with E-state index in [0.717, 1.165) is 6.54 Å². The van der Waals surface area contributed by atoms with E-state index in [1.54, 1.807) is 12.5 Å². The van der Waals surface area contributed by atoms with Crippen LogP contribution in [0.15, 0.2) is 23.0 Å². The third kappa shape index (κ3) is 2.36. The topological polar surface area (TPSA) is 42.4 Å². The summed E-state index contributed by atoms with van der Waals surface area (Å²) in [4.78, 5) is 2.37. The van der Waals surface area contributed by atoms with Gasteiger partial charge in [0.2, 0.25) is 0 Å². The second-order valence-electron chi connectivity index (χ2n) is 3.73. The number of furan rings is 1. The van der Waals surface area contributed by atoms with E-state index < -0.39 is 0 Å². The molecule has 0 spiro atoms. The Bertz CT molecular complexity index is 244. The van der Waals surface area contributed by atoms with E-state index >= 15 is 0 Å². The van der Waals surface area contributed by atoms with Crippen molar-refractivity contribution in [2.45, 2.75) is 32.9 Å². The van der Waals surface area contributed by atoms with Gasteiger partial charge in [-0.25, -0.2) is 0 Å². The van der Waals surface area contributed by atoms with Crippen molar-refractivity contribution in [3.63, 3.8) is 0 Å². The van der Waals surface area contributed by atoms with Gasteiger partial charge in [-0.05, 0) is 26.5 Å². The summed E-state index contributed by atoms with van der Waals surface area (Å²) in [6.45, 7) is 8.16. The molecule has 0 bridgehead atoms. The summed E-state index contributed by atoms with van der Waals surface area (Å²) in [7, 11) is 0. The lowest BCUT2D eigenvalue weighted by molar-refractivity contribution is 0.166. The molecule has 1 rings (SSSR count). The fourth-order valence-electron chi connectivity index (χ4n) is 1.87. The second kappa shape index (κ2) is 5.17. The van der Waals surface area contributed by atoms with E-state index in [1.807, 2.05) is 6.07 Å². The van der Waals surface area contributed by atoms with Crippen molar-refractivity contribution in [3.8, 4) is 0 Å². The SMILES string of the molecule is CCN(C(C)C)C(CN)c1ccoc1. The first kappa shape index (κ1) is 11.3. The molecular formula is C11H20N2O. The summed E-state index contributed by atoms with van der Waals surface area (Å²) in [5.74, 6) is 0. The third-order valence-corrected chi connectivity index (χ3v) is 2.58. The van der Waals surface area contributed by atoms with Crippen LogP contribution in [0.2, 0.25) is 0 Å². The van der Waals surface area contributed by atoms with E-state index in [9.17, 15) is 0 Å². The highest BCUT2D eigenvalue weighted by Gasteiger charge is 2.20. The highest BCUT2D eigenvalue weighted by molar-refractivity contribution is 5.12. The van der Waals surface area contributed by atoms with E-state index in [2.05, 4.69) is 25.7 Å². The van der Waals surface area contributed by atoms with Crippen molar-refractivity contribution in [1.29, 1.82) is 0 Å². The van der Waals surface area contributed by atoms with Crippen molar-refractivity contribution in [1.82, 2.24) is 4.90 Å². The Morgan fingerprint density at radius 3 is 2.57 bits per heavy atom. The summed E-state index contributed by atoms with van der Waals surface area (Å²) in [5, 5.41) is 0. The lowest BCUT2D eigenvalue weighted by atomic mass is 10.1. The largest absolute Gasteiger partial charge is 0.472 e. The zero-order valence-corrected chi connectivity index (χ0v) is 9.23. The van der Waals surface area contributed by atoms with Gasteiger partial charge in [0, 0.05) is 18.2 Å². The number of likely N-dealkylation sites (N-methyl/N-ethyl adjacent to an activating group) is 1. The summed E-state index contributed by atoms with van der Waals surface area (Å²) < 4.78 is 5.09. The highest BCUT2D eigenvalue weighted by atomic mass is 16.3. The molecule has 1 heterocycles.